The first-order chi connectivity index (χ1) is 16.4. The minimum Gasteiger partial charge on any atom is -0.370 e. The number of aromatic nitrogens is 2. The van der Waals surface area contributed by atoms with Crippen LogP contribution in [0.3, 0.4) is 0 Å². The highest BCUT2D eigenvalue weighted by molar-refractivity contribution is 5.95. The predicted octanol–water partition coefficient (Wildman–Crippen LogP) is 2.98. The van der Waals surface area contributed by atoms with E-state index in [0.29, 0.717) is 30.8 Å². The van der Waals surface area contributed by atoms with Crippen LogP contribution in [0.25, 0.3) is 0 Å². The summed E-state index contributed by atoms with van der Waals surface area (Å²) < 4.78 is 21.2. The van der Waals surface area contributed by atoms with Crippen molar-refractivity contribution in [2.75, 3.05) is 26.2 Å². The topological polar surface area (TPSA) is 67.7 Å². The highest BCUT2D eigenvalue weighted by Gasteiger charge is 2.32. The third-order valence-electron chi connectivity index (χ3n) is 5.92. The maximum atomic E-state index is 13.6. The number of hydrogen-bond donors (Lipinski definition) is 0. The van der Waals surface area contributed by atoms with Crippen molar-refractivity contribution in [3.63, 3.8) is 0 Å². The Hall–Kier alpha value is -3.52. The summed E-state index contributed by atoms with van der Waals surface area (Å²) in [6, 6.07) is 17.9. The number of benzene rings is 2. The summed E-state index contributed by atoms with van der Waals surface area (Å²) in [6.45, 7) is 3.12. The van der Waals surface area contributed by atoms with E-state index in [1.54, 1.807) is 30.1 Å². The van der Waals surface area contributed by atoms with E-state index in [1.165, 1.54) is 21.7 Å². The van der Waals surface area contributed by atoms with E-state index in [2.05, 4.69) is 5.10 Å². The Morgan fingerprint density at radius 2 is 1.85 bits per heavy atom. The molecule has 0 bridgehead atoms. The van der Waals surface area contributed by atoms with Gasteiger partial charge < -0.3 is 14.5 Å². The Morgan fingerprint density at radius 3 is 2.56 bits per heavy atom. The molecule has 4 rings (SSSR count). The van der Waals surface area contributed by atoms with E-state index in [0.717, 1.165) is 11.3 Å². The summed E-state index contributed by atoms with van der Waals surface area (Å²) in [7, 11) is 1.71. The number of carbonyl (C=O) groups is 2. The molecule has 7 nitrogen and oxygen atoms in total. The predicted molar refractivity (Wildman–Crippen MR) is 126 cm³/mol. The van der Waals surface area contributed by atoms with Crippen LogP contribution in [0.5, 0.6) is 0 Å². The molecule has 0 saturated carbocycles. The van der Waals surface area contributed by atoms with Gasteiger partial charge in [0.25, 0.3) is 5.91 Å². The first-order valence-corrected chi connectivity index (χ1v) is 11.4. The van der Waals surface area contributed by atoms with Gasteiger partial charge >= 0.3 is 0 Å². The summed E-state index contributed by atoms with van der Waals surface area (Å²) in [4.78, 5) is 29.7. The average Bonchev–Trinajstić information content (AvgIpc) is 3.07. The van der Waals surface area contributed by atoms with Crippen LogP contribution >= 0.6 is 0 Å². The number of aryl methyl sites for hydroxylation is 2. The van der Waals surface area contributed by atoms with E-state index >= 15 is 0 Å². The number of carbonyl (C=O) groups excluding carboxylic acids is 2. The zero-order valence-corrected chi connectivity index (χ0v) is 19.5. The molecule has 1 fully saturated rings. The Bertz CT molecular complexity index is 1150. The van der Waals surface area contributed by atoms with Crippen LogP contribution < -0.4 is 0 Å². The lowest BCUT2D eigenvalue weighted by Gasteiger charge is -2.25. The minimum atomic E-state index is -0.413. The molecule has 0 radical (unpaired) electrons. The molecule has 1 aromatic heterocycles. The molecule has 2 heterocycles. The fourth-order valence-corrected chi connectivity index (χ4v) is 4.18. The molecule has 0 unspecified atom stereocenters. The van der Waals surface area contributed by atoms with Crippen molar-refractivity contribution in [2.45, 2.75) is 26.1 Å². The maximum Gasteiger partial charge on any atom is 0.272 e. The van der Waals surface area contributed by atoms with Gasteiger partial charge in [0, 0.05) is 26.7 Å². The van der Waals surface area contributed by atoms with Crippen molar-refractivity contribution < 1.29 is 18.7 Å². The maximum absolute atomic E-state index is 13.6. The molecule has 0 N–H and O–H groups in total. The van der Waals surface area contributed by atoms with E-state index in [1.807, 2.05) is 37.3 Å². The second kappa shape index (κ2) is 10.6. The smallest absolute Gasteiger partial charge is 0.272 e. The van der Waals surface area contributed by atoms with Crippen LogP contribution in [0.15, 0.2) is 60.7 Å². The lowest BCUT2D eigenvalue weighted by atomic mass is 10.1. The average molecular weight is 465 g/mol. The number of nitrogens with zero attached hydrogens (tertiary/aromatic N) is 4. The fourth-order valence-electron chi connectivity index (χ4n) is 4.18. The quantitative estimate of drug-likeness (QED) is 0.539. The van der Waals surface area contributed by atoms with Gasteiger partial charge in [-0.1, -0.05) is 42.5 Å². The summed E-state index contributed by atoms with van der Waals surface area (Å²) >= 11 is 0. The second-order valence-corrected chi connectivity index (χ2v) is 8.62. The second-order valence-electron chi connectivity index (χ2n) is 8.62. The van der Waals surface area contributed by atoms with Gasteiger partial charge in [0.15, 0.2) is 0 Å². The van der Waals surface area contributed by atoms with E-state index in [-0.39, 0.29) is 37.3 Å². The van der Waals surface area contributed by atoms with Crippen molar-refractivity contribution in [2.24, 2.45) is 7.05 Å². The Kier molecular flexibility index (Phi) is 7.37. The van der Waals surface area contributed by atoms with Crippen molar-refractivity contribution in [3.8, 4) is 0 Å². The highest BCUT2D eigenvalue weighted by Crippen LogP contribution is 2.16. The Balaban J connectivity index is 1.51. The lowest BCUT2D eigenvalue weighted by Crippen LogP contribution is -2.40. The van der Waals surface area contributed by atoms with Crippen LogP contribution in [0.4, 0.5) is 4.39 Å². The van der Waals surface area contributed by atoms with Gasteiger partial charge in [0.1, 0.15) is 18.1 Å². The van der Waals surface area contributed by atoms with Crippen molar-refractivity contribution in [1.82, 2.24) is 19.6 Å². The third-order valence-corrected chi connectivity index (χ3v) is 5.92. The van der Waals surface area contributed by atoms with Crippen LogP contribution in [0.1, 0.15) is 27.3 Å². The molecule has 2 amide bonds. The molecule has 2 aromatic carbocycles. The Labute approximate surface area is 198 Å². The van der Waals surface area contributed by atoms with Gasteiger partial charge in [-0.25, -0.2) is 4.39 Å². The molecule has 34 heavy (non-hydrogen) atoms. The van der Waals surface area contributed by atoms with Crippen molar-refractivity contribution >= 4 is 11.8 Å². The standard InChI is InChI=1S/C26H29FN4O3/c1-19-13-24(29(2)28-19)26(33)31-16-23(34-18-21-9-6-10-22(27)14-21)15-30(25(32)17-31)12-11-20-7-4-3-5-8-20/h3-10,13-14,23H,11-12,15-18H2,1-2H3/t23-/m0/s1. The third kappa shape index (κ3) is 5.88. The molecule has 3 aromatic rings. The number of amides is 2. The summed E-state index contributed by atoms with van der Waals surface area (Å²) in [5.74, 6) is -0.717. The SMILES string of the molecule is Cc1cc(C(=O)N2CC(=O)N(CCc3ccccc3)C[C@H](OCc3cccc(F)c3)C2)n(C)n1. The van der Waals surface area contributed by atoms with Gasteiger partial charge in [-0.2, -0.15) is 5.10 Å². The number of hydrogen-bond acceptors (Lipinski definition) is 4. The molecule has 0 aliphatic carbocycles. The number of halogens is 1. The molecule has 178 valence electrons. The van der Waals surface area contributed by atoms with Gasteiger partial charge in [-0.3, -0.25) is 14.3 Å². The van der Waals surface area contributed by atoms with Gasteiger partial charge in [-0.15, -0.1) is 0 Å². The Morgan fingerprint density at radius 1 is 1.09 bits per heavy atom. The van der Waals surface area contributed by atoms with E-state index in [9.17, 15) is 14.0 Å². The van der Waals surface area contributed by atoms with E-state index in [4.69, 9.17) is 4.74 Å². The summed E-state index contributed by atoms with van der Waals surface area (Å²) in [5.41, 5.74) is 2.99. The monoisotopic (exact) mass is 464 g/mol. The molecule has 1 saturated heterocycles. The zero-order valence-electron chi connectivity index (χ0n) is 19.5. The normalized spacial score (nSPS) is 16.6. The van der Waals surface area contributed by atoms with Crippen LogP contribution in [0.2, 0.25) is 0 Å². The molecular weight excluding hydrogens is 435 g/mol. The van der Waals surface area contributed by atoms with Crippen LogP contribution in [0, 0.1) is 12.7 Å². The molecule has 0 spiro atoms. The summed E-state index contributed by atoms with van der Waals surface area (Å²) in [5, 5.41) is 4.26. The lowest BCUT2D eigenvalue weighted by molar-refractivity contribution is -0.131. The van der Waals surface area contributed by atoms with Gasteiger partial charge in [0.2, 0.25) is 5.91 Å². The molecular formula is C26H29FN4O3. The van der Waals surface area contributed by atoms with Gasteiger partial charge in [0.05, 0.1) is 18.4 Å². The van der Waals surface area contributed by atoms with Crippen molar-refractivity contribution in [3.05, 3.63) is 89.0 Å². The van der Waals surface area contributed by atoms with Crippen LogP contribution in [-0.2, 0) is 29.6 Å². The van der Waals surface area contributed by atoms with E-state index < -0.39 is 6.10 Å². The van der Waals surface area contributed by atoms with Gasteiger partial charge in [-0.05, 0) is 42.7 Å². The molecule has 1 aliphatic heterocycles. The number of ether oxygens (including phenoxy) is 1. The highest BCUT2D eigenvalue weighted by atomic mass is 19.1. The summed E-state index contributed by atoms with van der Waals surface area (Å²) in [6.07, 6.45) is 0.293. The van der Waals surface area contributed by atoms with Crippen molar-refractivity contribution in [1.29, 1.82) is 0 Å². The molecule has 1 atom stereocenters. The first-order valence-electron chi connectivity index (χ1n) is 11.4. The van der Waals surface area contributed by atoms with Crippen LogP contribution in [-0.4, -0.2) is 63.7 Å². The number of rotatable bonds is 7. The molecule has 8 heteroatoms. The first kappa shape index (κ1) is 23.6. The largest absolute Gasteiger partial charge is 0.370 e. The fraction of sp³-hybridized carbons (Fsp3) is 0.346. The minimum absolute atomic E-state index is 0.0301. The zero-order chi connectivity index (χ0) is 24.1. The molecule has 1 aliphatic rings.